The van der Waals surface area contributed by atoms with E-state index < -0.39 is 0 Å². The molecular formula is C19H20N6O. The van der Waals surface area contributed by atoms with E-state index in [1.165, 1.54) is 0 Å². The number of hydrogen-bond acceptors (Lipinski definition) is 5. The van der Waals surface area contributed by atoms with Crippen molar-refractivity contribution >= 4 is 22.6 Å². The minimum Gasteiger partial charge on any atom is -0.370 e. The van der Waals surface area contributed by atoms with Gasteiger partial charge in [-0.15, -0.1) is 0 Å². The number of hydrogen-bond donors (Lipinski definition) is 1. The molecule has 0 aliphatic carbocycles. The number of rotatable bonds is 3. The van der Waals surface area contributed by atoms with Gasteiger partial charge in [-0.1, -0.05) is 6.07 Å². The molecule has 26 heavy (non-hydrogen) atoms. The van der Waals surface area contributed by atoms with Gasteiger partial charge in [0.15, 0.2) is 5.65 Å². The van der Waals surface area contributed by atoms with Gasteiger partial charge < -0.3 is 9.80 Å². The Morgan fingerprint density at radius 1 is 1.12 bits per heavy atom. The van der Waals surface area contributed by atoms with Gasteiger partial charge in [0.05, 0.1) is 34.9 Å². The predicted octanol–water partition coefficient (Wildman–Crippen LogP) is 1.98. The lowest BCUT2D eigenvalue weighted by atomic mass is 9.85. The highest BCUT2D eigenvalue weighted by Gasteiger charge is 2.50. The lowest BCUT2D eigenvalue weighted by Gasteiger charge is -2.24. The van der Waals surface area contributed by atoms with E-state index >= 15 is 0 Å². The third-order valence-corrected chi connectivity index (χ3v) is 5.71. The number of pyridine rings is 2. The zero-order chi connectivity index (χ0) is 17.6. The van der Waals surface area contributed by atoms with Crippen molar-refractivity contribution in [2.75, 3.05) is 24.5 Å². The van der Waals surface area contributed by atoms with Gasteiger partial charge in [-0.05, 0) is 31.0 Å². The molecule has 1 unspecified atom stereocenters. The summed E-state index contributed by atoms with van der Waals surface area (Å²) in [5.41, 5.74) is 2.57. The summed E-state index contributed by atoms with van der Waals surface area (Å²) in [6.45, 7) is 3.05. The predicted molar refractivity (Wildman–Crippen MR) is 97.4 cm³/mol. The number of H-pyrrole nitrogens is 1. The molecule has 0 aromatic carbocycles. The summed E-state index contributed by atoms with van der Waals surface area (Å²) >= 11 is 0. The van der Waals surface area contributed by atoms with Crippen LogP contribution >= 0.6 is 0 Å². The van der Waals surface area contributed by atoms with E-state index in [4.69, 9.17) is 0 Å². The highest BCUT2D eigenvalue weighted by molar-refractivity contribution is 5.91. The van der Waals surface area contributed by atoms with Crippen LogP contribution in [0.4, 0.5) is 5.69 Å². The van der Waals surface area contributed by atoms with Crippen molar-refractivity contribution in [1.29, 1.82) is 0 Å². The standard InChI is InChI=1S/C19H20N6O/c26-18-19(5-9-24(18)12-14-3-1-2-7-20-14)6-10-25(13-19)16-4-8-21-17-15(16)11-22-23-17/h1-4,7-8,11H,5-6,9-10,12-13H2,(H,21,22,23). The van der Waals surface area contributed by atoms with Crippen molar-refractivity contribution in [3.63, 3.8) is 0 Å². The van der Waals surface area contributed by atoms with E-state index in [0.29, 0.717) is 6.54 Å². The van der Waals surface area contributed by atoms with Crippen LogP contribution in [0.2, 0.25) is 0 Å². The Balaban J connectivity index is 1.37. The molecule has 0 bridgehead atoms. The number of aromatic nitrogens is 4. The zero-order valence-electron chi connectivity index (χ0n) is 14.4. The molecule has 2 aliphatic rings. The normalized spacial score (nSPS) is 22.8. The first-order valence-electron chi connectivity index (χ1n) is 8.98. The number of nitrogens with zero attached hydrogens (tertiary/aromatic N) is 5. The average Bonchev–Trinajstić information content (AvgIpc) is 3.39. The van der Waals surface area contributed by atoms with Gasteiger partial charge in [0.2, 0.25) is 5.91 Å². The minimum absolute atomic E-state index is 0.267. The quantitative estimate of drug-likeness (QED) is 0.783. The number of carbonyl (C=O) groups is 1. The molecule has 1 amide bonds. The van der Waals surface area contributed by atoms with Crippen LogP contribution in [0.5, 0.6) is 0 Å². The Hall–Kier alpha value is -2.96. The maximum atomic E-state index is 13.2. The molecule has 3 aromatic heterocycles. The SMILES string of the molecule is O=C1N(Cc2ccccn2)CCC12CCN(c1ccnc3[nH]ncc13)C2. The fraction of sp³-hybridized carbons (Fsp3) is 0.368. The van der Waals surface area contributed by atoms with E-state index in [-0.39, 0.29) is 11.3 Å². The number of aromatic amines is 1. The van der Waals surface area contributed by atoms with Crippen LogP contribution in [0.3, 0.4) is 0 Å². The van der Waals surface area contributed by atoms with Crippen molar-refractivity contribution in [3.8, 4) is 0 Å². The molecule has 3 aromatic rings. The number of nitrogens with one attached hydrogen (secondary N) is 1. The summed E-state index contributed by atoms with van der Waals surface area (Å²) in [4.78, 5) is 26.1. The molecule has 1 atom stereocenters. The second kappa shape index (κ2) is 5.79. The number of fused-ring (bicyclic) bond motifs is 1. The molecular weight excluding hydrogens is 328 g/mol. The number of carbonyl (C=O) groups excluding carboxylic acids is 1. The summed E-state index contributed by atoms with van der Waals surface area (Å²) in [6, 6.07) is 7.86. The maximum Gasteiger partial charge on any atom is 0.231 e. The number of anilines is 1. The van der Waals surface area contributed by atoms with Crippen LogP contribution in [0, 0.1) is 5.41 Å². The summed E-state index contributed by atoms with van der Waals surface area (Å²) in [6.07, 6.45) is 7.20. The first kappa shape index (κ1) is 15.3. The highest BCUT2D eigenvalue weighted by Crippen LogP contribution is 2.43. The van der Waals surface area contributed by atoms with E-state index in [2.05, 4.69) is 25.1 Å². The van der Waals surface area contributed by atoms with Gasteiger partial charge in [-0.25, -0.2) is 4.98 Å². The van der Waals surface area contributed by atoms with Crippen molar-refractivity contribution in [2.24, 2.45) is 5.41 Å². The van der Waals surface area contributed by atoms with E-state index in [0.717, 1.165) is 54.9 Å². The van der Waals surface area contributed by atoms with Crippen molar-refractivity contribution in [2.45, 2.75) is 19.4 Å². The summed E-state index contributed by atoms with van der Waals surface area (Å²) in [5, 5.41) is 8.03. The monoisotopic (exact) mass is 348 g/mol. The van der Waals surface area contributed by atoms with Crippen LogP contribution in [-0.2, 0) is 11.3 Å². The Morgan fingerprint density at radius 3 is 2.92 bits per heavy atom. The van der Waals surface area contributed by atoms with Gasteiger partial charge in [0, 0.05) is 32.0 Å². The van der Waals surface area contributed by atoms with Crippen molar-refractivity contribution in [3.05, 3.63) is 48.5 Å². The lowest BCUT2D eigenvalue weighted by molar-refractivity contribution is -0.135. The molecule has 2 saturated heterocycles. The van der Waals surface area contributed by atoms with Crippen LogP contribution < -0.4 is 4.90 Å². The first-order chi connectivity index (χ1) is 12.8. The topological polar surface area (TPSA) is 78.0 Å². The Labute approximate surface area is 151 Å². The molecule has 5 heterocycles. The molecule has 0 saturated carbocycles. The molecule has 2 fully saturated rings. The van der Waals surface area contributed by atoms with Crippen LogP contribution in [0.25, 0.3) is 11.0 Å². The Morgan fingerprint density at radius 2 is 2.04 bits per heavy atom. The highest BCUT2D eigenvalue weighted by atomic mass is 16.2. The molecule has 7 heteroatoms. The van der Waals surface area contributed by atoms with Gasteiger partial charge in [-0.2, -0.15) is 5.10 Å². The fourth-order valence-corrected chi connectivity index (χ4v) is 4.30. The Kier molecular flexibility index (Phi) is 3.41. The molecule has 2 aliphatic heterocycles. The van der Waals surface area contributed by atoms with Crippen molar-refractivity contribution in [1.82, 2.24) is 25.1 Å². The molecule has 0 radical (unpaired) electrons. The van der Waals surface area contributed by atoms with Gasteiger partial charge in [0.25, 0.3) is 0 Å². The average molecular weight is 348 g/mol. The van der Waals surface area contributed by atoms with E-state index in [1.54, 1.807) is 12.4 Å². The smallest absolute Gasteiger partial charge is 0.231 e. The van der Waals surface area contributed by atoms with Gasteiger partial charge in [-0.3, -0.25) is 14.9 Å². The Bertz CT molecular complexity index is 955. The number of likely N-dealkylation sites (tertiary alicyclic amines) is 1. The summed E-state index contributed by atoms with van der Waals surface area (Å²) in [7, 11) is 0. The van der Waals surface area contributed by atoms with E-state index in [9.17, 15) is 4.79 Å². The minimum atomic E-state index is -0.270. The second-order valence-electron chi connectivity index (χ2n) is 7.21. The lowest BCUT2D eigenvalue weighted by Crippen LogP contribution is -2.36. The zero-order valence-corrected chi connectivity index (χ0v) is 14.4. The largest absolute Gasteiger partial charge is 0.370 e. The van der Waals surface area contributed by atoms with Gasteiger partial charge >= 0.3 is 0 Å². The summed E-state index contributed by atoms with van der Waals surface area (Å²) in [5.74, 6) is 0.267. The maximum absolute atomic E-state index is 13.2. The van der Waals surface area contributed by atoms with Crippen molar-refractivity contribution < 1.29 is 4.79 Å². The second-order valence-corrected chi connectivity index (χ2v) is 7.21. The first-order valence-corrected chi connectivity index (χ1v) is 8.98. The van der Waals surface area contributed by atoms with Crippen LogP contribution in [0.1, 0.15) is 18.5 Å². The molecule has 132 valence electrons. The molecule has 1 spiro atoms. The van der Waals surface area contributed by atoms with Crippen LogP contribution in [-0.4, -0.2) is 50.6 Å². The number of amides is 1. The van der Waals surface area contributed by atoms with Crippen LogP contribution in [0.15, 0.2) is 42.9 Å². The molecule has 7 nitrogen and oxygen atoms in total. The van der Waals surface area contributed by atoms with E-state index in [1.807, 2.05) is 35.4 Å². The fourth-order valence-electron chi connectivity index (χ4n) is 4.30. The summed E-state index contributed by atoms with van der Waals surface area (Å²) < 4.78 is 0. The van der Waals surface area contributed by atoms with Gasteiger partial charge in [0.1, 0.15) is 0 Å². The third kappa shape index (κ3) is 2.34. The third-order valence-electron chi connectivity index (χ3n) is 5.71. The molecule has 5 rings (SSSR count). The molecule has 1 N–H and O–H groups in total.